The molecule has 0 aliphatic rings. The van der Waals surface area contributed by atoms with E-state index in [1.807, 2.05) is 26.0 Å². The Hall–Kier alpha value is -1.68. The minimum Gasteiger partial charge on any atom is -0.496 e. The third-order valence-corrected chi connectivity index (χ3v) is 3.02. The van der Waals surface area contributed by atoms with Gasteiger partial charge in [-0.15, -0.1) is 0 Å². The number of hydrogen-bond acceptors (Lipinski definition) is 3. The third kappa shape index (κ3) is 2.08. The molecule has 1 aromatic carbocycles. The van der Waals surface area contributed by atoms with Crippen molar-refractivity contribution < 1.29 is 4.74 Å². The number of aromatic amines is 1. The van der Waals surface area contributed by atoms with E-state index < -0.39 is 0 Å². The Kier molecular flexibility index (Phi) is 2.98. The van der Waals surface area contributed by atoms with Crippen LogP contribution in [-0.4, -0.2) is 17.1 Å². The maximum Gasteiger partial charge on any atom is 0.199 e. The van der Waals surface area contributed by atoms with Gasteiger partial charge in [0.1, 0.15) is 16.6 Å². The summed E-state index contributed by atoms with van der Waals surface area (Å²) in [6.45, 7) is 4.06. The van der Waals surface area contributed by atoms with Crippen molar-refractivity contribution in [1.29, 1.82) is 0 Å². The zero-order valence-electron chi connectivity index (χ0n) is 9.97. The number of aryl methyl sites for hydroxylation is 2. The number of aromatic nitrogens is 2. The molecule has 0 spiro atoms. The fourth-order valence-electron chi connectivity index (χ4n) is 1.69. The second-order valence-electron chi connectivity index (χ2n) is 3.92. The lowest BCUT2D eigenvalue weighted by Gasteiger charge is -2.10. The van der Waals surface area contributed by atoms with Gasteiger partial charge in [-0.1, -0.05) is 11.6 Å². The molecule has 0 radical (unpaired) electrons. The van der Waals surface area contributed by atoms with Crippen molar-refractivity contribution in [2.45, 2.75) is 13.8 Å². The van der Waals surface area contributed by atoms with E-state index in [0.717, 1.165) is 22.4 Å². The molecule has 0 bridgehead atoms. The molecule has 17 heavy (non-hydrogen) atoms. The van der Waals surface area contributed by atoms with Crippen molar-refractivity contribution in [2.24, 2.45) is 0 Å². The monoisotopic (exact) mass is 251 g/mol. The molecule has 3 N–H and O–H groups in total. The summed E-state index contributed by atoms with van der Waals surface area (Å²) in [6, 6.07) is 3.96. The lowest BCUT2D eigenvalue weighted by Crippen LogP contribution is -1.92. The second kappa shape index (κ2) is 4.30. The number of nitrogen functional groups attached to an aromatic ring is 1. The smallest absolute Gasteiger partial charge is 0.199 e. The topological polar surface area (TPSA) is 63.9 Å². The molecular weight excluding hydrogens is 238 g/mol. The van der Waals surface area contributed by atoms with E-state index in [4.69, 9.17) is 22.1 Å². The van der Waals surface area contributed by atoms with E-state index in [2.05, 4.69) is 9.97 Å². The van der Waals surface area contributed by atoms with Crippen LogP contribution < -0.4 is 10.5 Å². The maximum absolute atomic E-state index is 6.05. The van der Waals surface area contributed by atoms with Gasteiger partial charge in [-0.25, -0.2) is 4.98 Å². The van der Waals surface area contributed by atoms with E-state index in [9.17, 15) is 0 Å². The van der Waals surface area contributed by atoms with Crippen molar-refractivity contribution >= 4 is 17.5 Å². The van der Waals surface area contributed by atoms with Gasteiger partial charge in [0.05, 0.1) is 7.11 Å². The summed E-state index contributed by atoms with van der Waals surface area (Å²) in [5, 5.41) is 0.420. The lowest BCUT2D eigenvalue weighted by atomic mass is 10.0. The van der Waals surface area contributed by atoms with Gasteiger partial charge in [-0.3, -0.25) is 0 Å². The molecule has 0 aliphatic carbocycles. The minimum atomic E-state index is 0.297. The molecule has 5 heteroatoms. The van der Waals surface area contributed by atoms with E-state index >= 15 is 0 Å². The summed E-state index contributed by atoms with van der Waals surface area (Å²) in [5.74, 6) is 1.03. The first-order valence-electron chi connectivity index (χ1n) is 5.19. The highest BCUT2D eigenvalue weighted by molar-refractivity contribution is 6.32. The van der Waals surface area contributed by atoms with E-state index in [1.54, 1.807) is 7.11 Å². The van der Waals surface area contributed by atoms with Gasteiger partial charge in [-0.05, 0) is 37.1 Å². The molecule has 0 fully saturated rings. The summed E-state index contributed by atoms with van der Waals surface area (Å²) in [6.07, 6.45) is 0. The standard InChI is InChI=1S/C12H14ClN3O/c1-6-4-8(9(17-3)5-7(6)2)10-11(13)16-12(14)15-10/h4-5H,1-3H3,(H3,14,15,16). The van der Waals surface area contributed by atoms with Crippen LogP contribution in [0, 0.1) is 13.8 Å². The van der Waals surface area contributed by atoms with E-state index in [-0.39, 0.29) is 0 Å². The summed E-state index contributed by atoms with van der Waals surface area (Å²) in [5.41, 5.74) is 9.35. The van der Waals surface area contributed by atoms with Crippen LogP contribution in [0.2, 0.25) is 5.15 Å². The molecule has 0 amide bonds. The Morgan fingerprint density at radius 3 is 2.47 bits per heavy atom. The SMILES string of the molecule is COc1cc(C)c(C)cc1-c1nc(N)[nH]c1Cl. The zero-order chi connectivity index (χ0) is 12.6. The Bertz CT molecular complexity index is 563. The molecule has 2 rings (SSSR count). The van der Waals surface area contributed by atoms with Gasteiger partial charge < -0.3 is 15.5 Å². The molecule has 1 heterocycles. The molecule has 2 aromatic rings. The number of halogens is 1. The molecule has 90 valence electrons. The summed E-state index contributed by atoms with van der Waals surface area (Å²) < 4.78 is 5.35. The Morgan fingerprint density at radius 1 is 1.29 bits per heavy atom. The highest BCUT2D eigenvalue weighted by Crippen LogP contribution is 2.35. The number of rotatable bonds is 2. The van der Waals surface area contributed by atoms with Gasteiger partial charge in [-0.2, -0.15) is 0 Å². The zero-order valence-corrected chi connectivity index (χ0v) is 10.7. The Morgan fingerprint density at radius 2 is 1.94 bits per heavy atom. The minimum absolute atomic E-state index is 0.297. The van der Waals surface area contributed by atoms with Crippen LogP contribution in [0.4, 0.5) is 5.95 Å². The maximum atomic E-state index is 6.05. The predicted molar refractivity (Wildman–Crippen MR) is 69.5 cm³/mol. The van der Waals surface area contributed by atoms with Crippen molar-refractivity contribution in [3.8, 4) is 17.0 Å². The van der Waals surface area contributed by atoms with Crippen LogP contribution in [-0.2, 0) is 0 Å². The number of imidazole rings is 1. The summed E-state index contributed by atoms with van der Waals surface area (Å²) >= 11 is 6.05. The van der Waals surface area contributed by atoms with Gasteiger partial charge in [0.25, 0.3) is 0 Å². The van der Waals surface area contributed by atoms with Crippen molar-refractivity contribution in [1.82, 2.24) is 9.97 Å². The third-order valence-electron chi connectivity index (χ3n) is 2.75. The number of anilines is 1. The normalized spacial score (nSPS) is 10.6. The first-order valence-corrected chi connectivity index (χ1v) is 5.57. The summed E-state index contributed by atoms with van der Waals surface area (Å²) in [7, 11) is 1.62. The van der Waals surface area contributed by atoms with E-state index in [0.29, 0.717) is 16.8 Å². The fourth-order valence-corrected chi connectivity index (χ4v) is 1.93. The van der Waals surface area contributed by atoms with Crippen LogP contribution in [0.5, 0.6) is 5.75 Å². The number of nitrogens with zero attached hydrogens (tertiary/aromatic N) is 1. The van der Waals surface area contributed by atoms with Crippen molar-refractivity contribution in [3.63, 3.8) is 0 Å². The van der Waals surface area contributed by atoms with Gasteiger partial charge in [0.2, 0.25) is 0 Å². The highest BCUT2D eigenvalue weighted by Gasteiger charge is 2.15. The molecule has 0 aliphatic heterocycles. The second-order valence-corrected chi connectivity index (χ2v) is 4.30. The van der Waals surface area contributed by atoms with Crippen LogP contribution in [0.25, 0.3) is 11.3 Å². The largest absolute Gasteiger partial charge is 0.496 e. The fraction of sp³-hybridized carbons (Fsp3) is 0.250. The molecule has 0 atom stereocenters. The number of nitrogens with two attached hydrogens (primary N) is 1. The van der Waals surface area contributed by atoms with Gasteiger partial charge in [0.15, 0.2) is 5.95 Å². The lowest BCUT2D eigenvalue weighted by molar-refractivity contribution is 0.416. The number of benzene rings is 1. The van der Waals surface area contributed by atoms with Crippen LogP contribution in [0.3, 0.4) is 0 Å². The number of methoxy groups -OCH3 is 1. The van der Waals surface area contributed by atoms with Crippen molar-refractivity contribution in [3.05, 3.63) is 28.4 Å². The first kappa shape index (κ1) is 11.8. The van der Waals surface area contributed by atoms with Crippen LogP contribution in [0.15, 0.2) is 12.1 Å². The quantitative estimate of drug-likeness (QED) is 0.863. The Balaban J connectivity index is 2.66. The number of H-pyrrole nitrogens is 1. The van der Waals surface area contributed by atoms with Crippen LogP contribution in [0.1, 0.15) is 11.1 Å². The van der Waals surface area contributed by atoms with Crippen molar-refractivity contribution in [2.75, 3.05) is 12.8 Å². The predicted octanol–water partition coefficient (Wildman–Crippen LogP) is 2.94. The average Bonchev–Trinajstić information content (AvgIpc) is 2.61. The molecule has 1 aromatic heterocycles. The highest BCUT2D eigenvalue weighted by atomic mass is 35.5. The number of hydrogen-bond donors (Lipinski definition) is 2. The average molecular weight is 252 g/mol. The molecule has 0 saturated heterocycles. The molecule has 0 unspecified atom stereocenters. The number of nitrogens with one attached hydrogen (secondary N) is 1. The molecule has 4 nitrogen and oxygen atoms in total. The summed E-state index contributed by atoms with van der Waals surface area (Å²) in [4.78, 5) is 6.94. The molecule has 0 saturated carbocycles. The van der Waals surface area contributed by atoms with Gasteiger partial charge >= 0.3 is 0 Å². The number of ether oxygens (including phenoxy) is 1. The first-order chi connectivity index (χ1) is 8.02. The van der Waals surface area contributed by atoms with E-state index in [1.165, 1.54) is 0 Å². The van der Waals surface area contributed by atoms with Crippen LogP contribution >= 0.6 is 11.6 Å². The van der Waals surface area contributed by atoms with Gasteiger partial charge in [0, 0.05) is 5.56 Å². The Labute approximate surface area is 105 Å². The molecular formula is C12H14ClN3O.